The van der Waals surface area contributed by atoms with Gasteiger partial charge in [0.25, 0.3) is 0 Å². The molecule has 0 amide bonds. The Balaban J connectivity index is 2.63. The van der Waals surface area contributed by atoms with Crippen LogP contribution in [0.2, 0.25) is 5.02 Å². The minimum atomic E-state index is 0.321. The Kier molecular flexibility index (Phi) is 7.25. The molecule has 0 bridgehead atoms. The average Bonchev–Trinajstić information content (AvgIpc) is 2.35. The van der Waals surface area contributed by atoms with Gasteiger partial charge < -0.3 is 10.5 Å². The summed E-state index contributed by atoms with van der Waals surface area (Å²) in [4.78, 5) is 0. The molecule has 0 radical (unpaired) electrons. The highest BCUT2D eigenvalue weighted by atomic mass is 35.5. The van der Waals surface area contributed by atoms with Crippen molar-refractivity contribution in [2.24, 2.45) is 5.73 Å². The van der Waals surface area contributed by atoms with Crippen molar-refractivity contribution in [2.75, 3.05) is 6.61 Å². The van der Waals surface area contributed by atoms with E-state index >= 15 is 0 Å². The zero-order chi connectivity index (χ0) is 14.3. The van der Waals surface area contributed by atoms with Crippen LogP contribution in [0.5, 0.6) is 5.75 Å². The Morgan fingerprint density at radius 3 is 2.63 bits per heavy atom. The van der Waals surface area contributed by atoms with Crippen molar-refractivity contribution in [2.45, 2.75) is 58.9 Å². The first-order chi connectivity index (χ1) is 9.08. The highest BCUT2D eigenvalue weighted by Gasteiger charge is 2.08. The van der Waals surface area contributed by atoms with Gasteiger partial charge in [-0.1, -0.05) is 24.9 Å². The number of nitrogens with two attached hydrogens (primary N) is 1. The van der Waals surface area contributed by atoms with Crippen molar-refractivity contribution >= 4 is 11.6 Å². The predicted octanol–water partition coefficient (Wildman–Crippen LogP) is 4.50. The molecule has 0 aliphatic heterocycles. The lowest BCUT2D eigenvalue weighted by atomic mass is 10.0. The molecule has 0 aliphatic rings. The fourth-order valence-electron chi connectivity index (χ4n) is 2.25. The van der Waals surface area contributed by atoms with Crippen LogP contribution in [0.4, 0.5) is 0 Å². The molecule has 0 fully saturated rings. The molecule has 108 valence electrons. The number of hydrogen-bond donors (Lipinski definition) is 1. The Morgan fingerprint density at radius 2 is 2.00 bits per heavy atom. The first-order valence-corrected chi connectivity index (χ1v) is 7.63. The monoisotopic (exact) mass is 283 g/mol. The lowest BCUT2D eigenvalue weighted by Gasteiger charge is -2.14. The summed E-state index contributed by atoms with van der Waals surface area (Å²) in [6.07, 6.45) is 5.38. The lowest BCUT2D eigenvalue weighted by Crippen LogP contribution is -2.19. The third kappa shape index (κ3) is 5.42. The molecular formula is C16H26ClNO. The van der Waals surface area contributed by atoms with Gasteiger partial charge in [0.05, 0.1) is 6.61 Å². The van der Waals surface area contributed by atoms with Crippen molar-refractivity contribution in [3.8, 4) is 5.75 Å². The van der Waals surface area contributed by atoms with Crippen molar-refractivity contribution in [3.05, 3.63) is 28.3 Å². The van der Waals surface area contributed by atoms with Crippen LogP contribution < -0.4 is 10.5 Å². The summed E-state index contributed by atoms with van der Waals surface area (Å²) >= 11 is 6.20. The van der Waals surface area contributed by atoms with Crippen LogP contribution in [-0.2, 0) is 6.42 Å². The van der Waals surface area contributed by atoms with E-state index in [0.29, 0.717) is 12.6 Å². The molecule has 0 aliphatic carbocycles. The first-order valence-electron chi connectivity index (χ1n) is 7.25. The van der Waals surface area contributed by atoms with Crippen LogP contribution in [0.15, 0.2) is 12.1 Å². The molecule has 1 aromatic rings. The van der Waals surface area contributed by atoms with E-state index in [1.807, 2.05) is 26.0 Å². The molecule has 1 rings (SSSR count). The Morgan fingerprint density at radius 1 is 1.26 bits per heavy atom. The molecule has 19 heavy (non-hydrogen) atoms. The van der Waals surface area contributed by atoms with Gasteiger partial charge in [0, 0.05) is 11.1 Å². The van der Waals surface area contributed by atoms with E-state index in [0.717, 1.165) is 48.4 Å². The van der Waals surface area contributed by atoms with Gasteiger partial charge in [-0.05, 0) is 62.8 Å². The maximum Gasteiger partial charge on any atom is 0.122 e. The van der Waals surface area contributed by atoms with Crippen molar-refractivity contribution in [3.63, 3.8) is 0 Å². The average molecular weight is 284 g/mol. The van der Waals surface area contributed by atoms with Crippen LogP contribution in [0.3, 0.4) is 0 Å². The van der Waals surface area contributed by atoms with E-state index in [-0.39, 0.29) is 0 Å². The SMILES string of the molecule is CCCC(N)CCCc1cc(Cl)c(C)cc1OCC. The minimum absolute atomic E-state index is 0.321. The van der Waals surface area contributed by atoms with Gasteiger partial charge in [-0.15, -0.1) is 0 Å². The Labute approximate surface area is 122 Å². The molecule has 2 N–H and O–H groups in total. The summed E-state index contributed by atoms with van der Waals surface area (Å²) in [5.41, 5.74) is 8.30. The zero-order valence-corrected chi connectivity index (χ0v) is 13.1. The molecule has 0 heterocycles. The molecule has 0 saturated heterocycles. The van der Waals surface area contributed by atoms with E-state index in [9.17, 15) is 0 Å². The highest BCUT2D eigenvalue weighted by Crippen LogP contribution is 2.28. The maximum atomic E-state index is 6.20. The fraction of sp³-hybridized carbons (Fsp3) is 0.625. The fourth-order valence-corrected chi connectivity index (χ4v) is 2.44. The highest BCUT2D eigenvalue weighted by molar-refractivity contribution is 6.31. The van der Waals surface area contributed by atoms with Gasteiger partial charge in [-0.3, -0.25) is 0 Å². The van der Waals surface area contributed by atoms with Gasteiger partial charge in [-0.2, -0.15) is 0 Å². The summed E-state index contributed by atoms with van der Waals surface area (Å²) in [6.45, 7) is 6.87. The second kappa shape index (κ2) is 8.44. The second-order valence-corrected chi connectivity index (χ2v) is 5.49. The molecular weight excluding hydrogens is 258 g/mol. The molecule has 1 atom stereocenters. The third-order valence-electron chi connectivity index (χ3n) is 3.32. The molecule has 1 unspecified atom stereocenters. The van der Waals surface area contributed by atoms with Crippen LogP contribution >= 0.6 is 11.6 Å². The van der Waals surface area contributed by atoms with Crippen molar-refractivity contribution in [1.82, 2.24) is 0 Å². The first kappa shape index (κ1) is 16.3. The summed E-state index contributed by atoms with van der Waals surface area (Å²) < 4.78 is 5.69. The van der Waals surface area contributed by atoms with E-state index in [2.05, 4.69) is 6.92 Å². The Hall–Kier alpha value is -0.730. The van der Waals surface area contributed by atoms with Gasteiger partial charge in [0.15, 0.2) is 0 Å². The number of aryl methyl sites for hydroxylation is 2. The minimum Gasteiger partial charge on any atom is -0.494 e. The second-order valence-electron chi connectivity index (χ2n) is 5.08. The predicted molar refractivity (Wildman–Crippen MR) is 83.2 cm³/mol. The number of benzene rings is 1. The van der Waals surface area contributed by atoms with Crippen molar-refractivity contribution in [1.29, 1.82) is 0 Å². The molecule has 0 aromatic heterocycles. The number of hydrogen-bond acceptors (Lipinski definition) is 2. The van der Waals surface area contributed by atoms with E-state index < -0.39 is 0 Å². The third-order valence-corrected chi connectivity index (χ3v) is 3.73. The standard InChI is InChI=1S/C16H26ClNO/c1-4-7-14(18)9-6-8-13-11-15(17)12(3)10-16(13)19-5-2/h10-11,14H,4-9,18H2,1-3H3. The van der Waals surface area contributed by atoms with Gasteiger partial charge in [-0.25, -0.2) is 0 Å². The quantitative estimate of drug-likeness (QED) is 0.762. The van der Waals surface area contributed by atoms with E-state index in [4.69, 9.17) is 22.1 Å². The van der Waals surface area contributed by atoms with E-state index in [1.165, 1.54) is 5.56 Å². The van der Waals surface area contributed by atoms with Crippen molar-refractivity contribution < 1.29 is 4.74 Å². The normalized spacial score (nSPS) is 12.5. The summed E-state index contributed by atoms with van der Waals surface area (Å²) in [6, 6.07) is 4.39. The molecule has 1 aromatic carbocycles. The molecule has 0 saturated carbocycles. The number of rotatable bonds is 8. The van der Waals surface area contributed by atoms with Gasteiger partial charge in [0.2, 0.25) is 0 Å². The largest absolute Gasteiger partial charge is 0.494 e. The van der Waals surface area contributed by atoms with Gasteiger partial charge >= 0.3 is 0 Å². The number of halogens is 1. The number of ether oxygens (including phenoxy) is 1. The molecule has 3 heteroatoms. The molecule has 0 spiro atoms. The zero-order valence-electron chi connectivity index (χ0n) is 12.3. The van der Waals surface area contributed by atoms with Gasteiger partial charge in [0.1, 0.15) is 5.75 Å². The molecule has 2 nitrogen and oxygen atoms in total. The van der Waals surface area contributed by atoms with Crippen LogP contribution in [0.25, 0.3) is 0 Å². The summed E-state index contributed by atoms with van der Waals surface area (Å²) in [5.74, 6) is 0.966. The van der Waals surface area contributed by atoms with Crippen LogP contribution in [-0.4, -0.2) is 12.6 Å². The summed E-state index contributed by atoms with van der Waals surface area (Å²) in [7, 11) is 0. The van der Waals surface area contributed by atoms with Crippen LogP contribution in [0, 0.1) is 6.92 Å². The van der Waals surface area contributed by atoms with Crippen LogP contribution in [0.1, 0.15) is 50.7 Å². The van der Waals surface area contributed by atoms with E-state index in [1.54, 1.807) is 0 Å². The Bertz CT molecular complexity index is 393. The summed E-state index contributed by atoms with van der Waals surface area (Å²) in [5, 5.41) is 0.816. The smallest absolute Gasteiger partial charge is 0.122 e. The lowest BCUT2D eigenvalue weighted by molar-refractivity contribution is 0.335. The maximum absolute atomic E-state index is 6.20. The topological polar surface area (TPSA) is 35.2 Å².